The van der Waals surface area contributed by atoms with Gasteiger partial charge in [-0.05, 0) is 49.8 Å². The topological polar surface area (TPSA) is 60.5 Å². The second-order valence-corrected chi connectivity index (χ2v) is 8.40. The molecule has 0 aliphatic heterocycles. The van der Waals surface area contributed by atoms with Crippen LogP contribution in [0.2, 0.25) is 10.0 Å². The van der Waals surface area contributed by atoms with Crippen LogP contribution in [0.5, 0.6) is 11.5 Å². The minimum absolute atomic E-state index is 0.207. The molecule has 0 fully saturated rings. The number of nitrogens with one attached hydrogen (secondary N) is 1. The number of carbonyl (C=O) groups excluding carboxylic acids is 1. The molecule has 0 unspecified atom stereocenters. The molecule has 156 valence electrons. The van der Waals surface area contributed by atoms with Gasteiger partial charge in [-0.25, -0.2) is 4.98 Å². The molecular weight excluding hydrogens is 443 g/mol. The third kappa shape index (κ3) is 5.53. The number of aromatic nitrogens is 1. The molecule has 3 aromatic rings. The number of carbonyl (C=O) groups is 1. The van der Waals surface area contributed by atoms with E-state index in [9.17, 15) is 4.79 Å². The second-order valence-electron chi connectivity index (χ2n) is 6.38. The largest absolute Gasteiger partial charge is 0.493 e. The summed E-state index contributed by atoms with van der Waals surface area (Å²) in [6.07, 6.45) is 3.14. The standard InChI is InChI=1S/C22H20Cl2N2O3S/c1-13-14(2)30-22(25-13)26-21(27)10-8-15-7-9-19(20(11-15)28-3)29-12-16-17(23)5-4-6-18(16)24/h4-11H,12H2,1-3H3,(H,25,26,27)/b10-8+. The first-order chi connectivity index (χ1) is 14.4. The smallest absolute Gasteiger partial charge is 0.250 e. The molecule has 30 heavy (non-hydrogen) atoms. The number of nitrogens with zero attached hydrogens (tertiary/aromatic N) is 1. The number of benzene rings is 2. The van der Waals surface area contributed by atoms with Gasteiger partial charge in [0.25, 0.3) is 0 Å². The van der Waals surface area contributed by atoms with E-state index in [0.717, 1.165) is 16.1 Å². The number of anilines is 1. The number of rotatable bonds is 7. The van der Waals surface area contributed by atoms with Crippen molar-refractivity contribution in [2.45, 2.75) is 20.5 Å². The Balaban J connectivity index is 1.67. The van der Waals surface area contributed by atoms with E-state index in [0.29, 0.717) is 32.2 Å². The molecule has 0 atom stereocenters. The molecule has 0 saturated carbocycles. The van der Waals surface area contributed by atoms with Crippen molar-refractivity contribution in [3.8, 4) is 11.5 Å². The van der Waals surface area contributed by atoms with Crippen molar-refractivity contribution in [1.82, 2.24) is 4.98 Å². The second kappa shape index (κ2) is 9.98. The number of hydrogen-bond donors (Lipinski definition) is 1. The van der Waals surface area contributed by atoms with Crippen LogP contribution in [-0.2, 0) is 11.4 Å². The van der Waals surface area contributed by atoms with Crippen molar-refractivity contribution in [3.05, 3.63) is 74.2 Å². The molecule has 0 aliphatic carbocycles. The Kier molecular flexibility index (Phi) is 7.37. The van der Waals surface area contributed by atoms with Crippen LogP contribution in [0, 0.1) is 13.8 Å². The zero-order chi connectivity index (χ0) is 21.7. The van der Waals surface area contributed by atoms with Gasteiger partial charge in [-0.3, -0.25) is 10.1 Å². The van der Waals surface area contributed by atoms with Gasteiger partial charge in [0.2, 0.25) is 5.91 Å². The van der Waals surface area contributed by atoms with Crippen molar-refractivity contribution in [2.24, 2.45) is 0 Å². The van der Waals surface area contributed by atoms with E-state index in [4.69, 9.17) is 32.7 Å². The Morgan fingerprint density at radius 1 is 1.17 bits per heavy atom. The van der Waals surface area contributed by atoms with Crippen molar-refractivity contribution >= 4 is 51.7 Å². The summed E-state index contributed by atoms with van der Waals surface area (Å²) in [5.74, 6) is 0.826. The van der Waals surface area contributed by atoms with Crippen molar-refractivity contribution in [3.63, 3.8) is 0 Å². The van der Waals surface area contributed by atoms with Crippen LogP contribution in [-0.4, -0.2) is 18.0 Å². The third-order valence-corrected chi connectivity index (χ3v) is 6.00. The van der Waals surface area contributed by atoms with E-state index >= 15 is 0 Å². The minimum atomic E-state index is -0.253. The molecule has 1 aromatic heterocycles. The Labute approximate surface area is 189 Å². The number of methoxy groups -OCH3 is 1. The molecule has 1 N–H and O–H groups in total. The van der Waals surface area contributed by atoms with Crippen molar-refractivity contribution in [1.29, 1.82) is 0 Å². The first kappa shape index (κ1) is 22.2. The van der Waals surface area contributed by atoms with Gasteiger partial charge in [-0.1, -0.05) is 35.3 Å². The number of ether oxygens (including phenoxy) is 2. The van der Waals surface area contributed by atoms with Gasteiger partial charge in [0.1, 0.15) is 6.61 Å². The normalized spacial score (nSPS) is 11.0. The molecule has 5 nitrogen and oxygen atoms in total. The van der Waals surface area contributed by atoms with Gasteiger partial charge in [-0.2, -0.15) is 0 Å². The summed E-state index contributed by atoms with van der Waals surface area (Å²) in [4.78, 5) is 17.5. The predicted molar refractivity (Wildman–Crippen MR) is 123 cm³/mol. The summed E-state index contributed by atoms with van der Waals surface area (Å²) in [5.41, 5.74) is 2.41. The summed E-state index contributed by atoms with van der Waals surface area (Å²) < 4.78 is 11.3. The van der Waals surface area contributed by atoms with Crippen molar-refractivity contribution in [2.75, 3.05) is 12.4 Å². The number of hydrogen-bond acceptors (Lipinski definition) is 5. The molecule has 1 heterocycles. The molecule has 1 amide bonds. The molecule has 0 spiro atoms. The molecule has 3 rings (SSSR count). The highest BCUT2D eigenvalue weighted by atomic mass is 35.5. The van der Waals surface area contributed by atoms with Crippen LogP contribution in [0.1, 0.15) is 21.7 Å². The Morgan fingerprint density at radius 3 is 2.53 bits per heavy atom. The van der Waals surface area contributed by atoms with Crippen LogP contribution >= 0.6 is 34.5 Å². The fraction of sp³-hybridized carbons (Fsp3) is 0.182. The maximum Gasteiger partial charge on any atom is 0.250 e. The van der Waals surface area contributed by atoms with E-state index in [-0.39, 0.29) is 12.5 Å². The first-order valence-corrected chi connectivity index (χ1v) is 10.6. The van der Waals surface area contributed by atoms with Gasteiger partial charge in [0, 0.05) is 26.6 Å². The van der Waals surface area contributed by atoms with Gasteiger partial charge < -0.3 is 9.47 Å². The van der Waals surface area contributed by atoms with Crippen LogP contribution in [0.3, 0.4) is 0 Å². The van der Waals surface area contributed by atoms with Gasteiger partial charge in [0.15, 0.2) is 16.6 Å². The number of thiazole rings is 1. The van der Waals surface area contributed by atoms with E-state index in [2.05, 4.69) is 10.3 Å². The van der Waals surface area contributed by atoms with E-state index in [1.165, 1.54) is 17.4 Å². The molecule has 0 aliphatic rings. The average molecular weight is 463 g/mol. The molecule has 8 heteroatoms. The average Bonchev–Trinajstić information content (AvgIpc) is 3.03. The molecule has 0 radical (unpaired) electrons. The molecular formula is C22H20Cl2N2O3S. The van der Waals surface area contributed by atoms with Gasteiger partial charge >= 0.3 is 0 Å². The lowest BCUT2D eigenvalue weighted by Gasteiger charge is -2.13. The maximum absolute atomic E-state index is 12.1. The fourth-order valence-corrected chi connectivity index (χ4v) is 3.90. The molecule has 2 aromatic carbocycles. The Hall–Kier alpha value is -2.54. The highest BCUT2D eigenvalue weighted by molar-refractivity contribution is 7.15. The zero-order valence-electron chi connectivity index (χ0n) is 16.7. The summed E-state index contributed by atoms with van der Waals surface area (Å²) in [7, 11) is 1.55. The Morgan fingerprint density at radius 2 is 1.90 bits per heavy atom. The molecule has 0 bridgehead atoms. The lowest BCUT2D eigenvalue weighted by atomic mass is 10.2. The maximum atomic E-state index is 12.1. The summed E-state index contributed by atoms with van der Waals surface area (Å²) in [6, 6.07) is 10.7. The fourth-order valence-electron chi connectivity index (χ4n) is 2.57. The van der Waals surface area contributed by atoms with Crippen LogP contribution < -0.4 is 14.8 Å². The molecule has 0 saturated heterocycles. The van der Waals surface area contributed by atoms with Crippen molar-refractivity contribution < 1.29 is 14.3 Å². The first-order valence-electron chi connectivity index (χ1n) is 9.04. The monoisotopic (exact) mass is 462 g/mol. The minimum Gasteiger partial charge on any atom is -0.493 e. The highest BCUT2D eigenvalue weighted by Crippen LogP contribution is 2.31. The quantitative estimate of drug-likeness (QED) is 0.418. The number of aryl methyl sites for hydroxylation is 2. The predicted octanol–water partition coefficient (Wildman–Crippen LogP) is 6.31. The lowest BCUT2D eigenvalue weighted by molar-refractivity contribution is -0.111. The summed E-state index contributed by atoms with van der Waals surface area (Å²) in [5, 5.41) is 4.43. The third-order valence-electron chi connectivity index (χ3n) is 4.31. The lowest BCUT2D eigenvalue weighted by Crippen LogP contribution is -2.07. The zero-order valence-corrected chi connectivity index (χ0v) is 19.0. The van der Waals surface area contributed by atoms with E-state index < -0.39 is 0 Å². The number of halogens is 2. The van der Waals surface area contributed by atoms with Crippen LogP contribution in [0.15, 0.2) is 42.5 Å². The van der Waals surface area contributed by atoms with Gasteiger partial charge in [0.05, 0.1) is 12.8 Å². The van der Waals surface area contributed by atoms with Crippen LogP contribution in [0.4, 0.5) is 5.13 Å². The summed E-state index contributed by atoms with van der Waals surface area (Å²) >= 11 is 13.8. The summed E-state index contributed by atoms with van der Waals surface area (Å²) in [6.45, 7) is 4.08. The van der Waals surface area contributed by atoms with Crippen LogP contribution in [0.25, 0.3) is 6.08 Å². The van der Waals surface area contributed by atoms with Gasteiger partial charge in [-0.15, -0.1) is 11.3 Å². The SMILES string of the molecule is COc1cc(/C=C/C(=O)Nc2nc(C)c(C)s2)ccc1OCc1c(Cl)cccc1Cl. The van der Waals surface area contributed by atoms with E-state index in [1.807, 2.05) is 19.9 Å². The number of amides is 1. The Bertz CT molecular complexity index is 1060. The van der Waals surface area contributed by atoms with E-state index in [1.54, 1.807) is 43.5 Å². The highest BCUT2D eigenvalue weighted by Gasteiger charge is 2.10.